The number of aromatic nitrogens is 1. The standard InChI is InChI=1S/C9H5NSe/c1-2-4-7-6(3-1)5-8-10-9(7)11-8/h1-5H. The van der Waals surface area contributed by atoms with Gasteiger partial charge < -0.3 is 0 Å². The van der Waals surface area contributed by atoms with E-state index in [1.165, 1.54) is 19.6 Å². The van der Waals surface area contributed by atoms with Crippen LogP contribution in [0.15, 0.2) is 30.3 Å². The molecule has 0 aliphatic heterocycles. The molecule has 3 aromatic heterocycles. The van der Waals surface area contributed by atoms with Crippen LogP contribution in [-0.2, 0) is 0 Å². The molecule has 0 fully saturated rings. The van der Waals surface area contributed by atoms with Crippen molar-refractivity contribution in [2.75, 3.05) is 0 Å². The Labute approximate surface area is 69.8 Å². The van der Waals surface area contributed by atoms with Crippen molar-refractivity contribution in [2.45, 2.75) is 0 Å². The predicted molar refractivity (Wildman–Crippen MR) is 47.4 cm³/mol. The van der Waals surface area contributed by atoms with Gasteiger partial charge in [-0.15, -0.1) is 0 Å². The van der Waals surface area contributed by atoms with Crippen molar-refractivity contribution in [1.82, 2.24) is 4.98 Å². The Hall–Kier alpha value is -0.851. The van der Waals surface area contributed by atoms with E-state index in [0.29, 0.717) is 14.5 Å². The summed E-state index contributed by atoms with van der Waals surface area (Å²) in [7, 11) is 0. The van der Waals surface area contributed by atoms with Gasteiger partial charge in [-0.3, -0.25) is 0 Å². The zero-order valence-electron chi connectivity index (χ0n) is 5.74. The van der Waals surface area contributed by atoms with Gasteiger partial charge in [0.2, 0.25) is 0 Å². The molecule has 0 amide bonds. The van der Waals surface area contributed by atoms with Gasteiger partial charge in [0.1, 0.15) is 0 Å². The van der Waals surface area contributed by atoms with Crippen LogP contribution in [0.2, 0.25) is 0 Å². The third kappa shape index (κ3) is 0.684. The predicted octanol–water partition coefficient (Wildman–Crippen LogP) is 1.88. The molecular formula is C9H5NSe. The van der Waals surface area contributed by atoms with Gasteiger partial charge >= 0.3 is 69.4 Å². The average molecular weight is 206 g/mol. The maximum absolute atomic E-state index is 4.37. The molecule has 1 nitrogen and oxygen atoms in total. The molecule has 52 valence electrons. The molecule has 0 aliphatic rings. The molecular weight excluding hydrogens is 201 g/mol. The van der Waals surface area contributed by atoms with Crippen molar-refractivity contribution in [3.63, 3.8) is 0 Å². The molecule has 0 N–H and O–H groups in total. The summed E-state index contributed by atoms with van der Waals surface area (Å²) < 4.78 is 2.62. The van der Waals surface area contributed by atoms with E-state index in [1.54, 1.807) is 0 Å². The minimum atomic E-state index is 0.564. The number of nitrogens with zero attached hydrogens (tertiary/aromatic N) is 1. The SMILES string of the molecule is c1ccc2c(c1)cc1nc2[se]1. The Kier molecular flexibility index (Phi) is 0.965. The van der Waals surface area contributed by atoms with Crippen molar-refractivity contribution < 1.29 is 0 Å². The summed E-state index contributed by atoms with van der Waals surface area (Å²) in [6.45, 7) is 0. The summed E-state index contributed by atoms with van der Waals surface area (Å²) in [5, 5.41) is 2.70. The first-order chi connectivity index (χ1) is 5.43. The molecule has 0 aliphatic carbocycles. The summed E-state index contributed by atoms with van der Waals surface area (Å²) in [6, 6.07) is 10.7. The Morgan fingerprint density at radius 2 is 2.00 bits per heavy atom. The van der Waals surface area contributed by atoms with Crippen LogP contribution in [0.3, 0.4) is 0 Å². The van der Waals surface area contributed by atoms with Crippen LogP contribution >= 0.6 is 0 Å². The molecule has 2 heteroatoms. The van der Waals surface area contributed by atoms with Crippen LogP contribution in [0.5, 0.6) is 0 Å². The molecule has 0 spiro atoms. The molecule has 0 saturated heterocycles. The quantitative estimate of drug-likeness (QED) is 0.512. The summed E-state index contributed by atoms with van der Waals surface area (Å²) in [6.07, 6.45) is 0. The zero-order chi connectivity index (χ0) is 7.26. The fourth-order valence-corrected chi connectivity index (χ4v) is 3.07. The van der Waals surface area contributed by atoms with Gasteiger partial charge in [0.25, 0.3) is 0 Å². The minimum absolute atomic E-state index is 0.564. The molecule has 4 aromatic rings. The summed E-state index contributed by atoms with van der Waals surface area (Å²) in [4.78, 5) is 4.37. The van der Waals surface area contributed by atoms with E-state index in [1.807, 2.05) is 0 Å². The zero-order valence-corrected chi connectivity index (χ0v) is 7.46. The molecule has 3 heterocycles. The van der Waals surface area contributed by atoms with Gasteiger partial charge in [0, 0.05) is 0 Å². The molecule has 11 heavy (non-hydrogen) atoms. The van der Waals surface area contributed by atoms with Crippen LogP contribution in [0.1, 0.15) is 0 Å². The van der Waals surface area contributed by atoms with Gasteiger partial charge in [-0.05, 0) is 0 Å². The van der Waals surface area contributed by atoms with E-state index < -0.39 is 0 Å². The number of rotatable bonds is 0. The molecule has 1 aromatic carbocycles. The Morgan fingerprint density at radius 1 is 1.18 bits per heavy atom. The van der Waals surface area contributed by atoms with Gasteiger partial charge in [-0.25, -0.2) is 0 Å². The van der Waals surface area contributed by atoms with Crippen molar-refractivity contribution in [2.24, 2.45) is 0 Å². The molecule has 0 saturated carbocycles. The van der Waals surface area contributed by atoms with Crippen molar-refractivity contribution >= 4 is 34.1 Å². The van der Waals surface area contributed by atoms with E-state index in [9.17, 15) is 0 Å². The van der Waals surface area contributed by atoms with E-state index in [2.05, 4.69) is 35.3 Å². The van der Waals surface area contributed by atoms with Crippen molar-refractivity contribution in [3.8, 4) is 0 Å². The van der Waals surface area contributed by atoms with Gasteiger partial charge in [0.15, 0.2) is 0 Å². The maximum atomic E-state index is 4.37. The van der Waals surface area contributed by atoms with Crippen LogP contribution in [0.4, 0.5) is 0 Å². The summed E-state index contributed by atoms with van der Waals surface area (Å²) in [5.41, 5.74) is 0. The van der Waals surface area contributed by atoms with Crippen molar-refractivity contribution in [1.29, 1.82) is 0 Å². The van der Waals surface area contributed by atoms with Gasteiger partial charge in [0.05, 0.1) is 0 Å². The fraction of sp³-hybridized carbons (Fsp3) is 0. The first kappa shape index (κ1) is 5.76. The molecule has 0 unspecified atom stereocenters. The molecule has 0 radical (unpaired) electrons. The number of pyridine rings is 1. The van der Waals surface area contributed by atoms with E-state index >= 15 is 0 Å². The van der Waals surface area contributed by atoms with Crippen LogP contribution < -0.4 is 0 Å². The number of benzene rings is 1. The first-order valence-electron chi connectivity index (χ1n) is 3.51. The third-order valence-electron chi connectivity index (χ3n) is 1.88. The topological polar surface area (TPSA) is 12.9 Å². The summed E-state index contributed by atoms with van der Waals surface area (Å²) >= 11 is 0.564. The van der Waals surface area contributed by atoms with Crippen LogP contribution in [0, 0.1) is 0 Å². The second-order valence-electron chi connectivity index (χ2n) is 2.59. The van der Waals surface area contributed by atoms with Crippen LogP contribution in [0.25, 0.3) is 19.6 Å². The van der Waals surface area contributed by atoms with Crippen molar-refractivity contribution in [3.05, 3.63) is 30.3 Å². The van der Waals surface area contributed by atoms with Gasteiger partial charge in [-0.2, -0.15) is 0 Å². The average Bonchev–Trinajstić information content (AvgIpc) is 2.02. The second-order valence-corrected chi connectivity index (χ2v) is 4.71. The normalized spacial score (nSPS) is 11.6. The van der Waals surface area contributed by atoms with E-state index in [0.717, 1.165) is 0 Å². The van der Waals surface area contributed by atoms with E-state index in [-0.39, 0.29) is 0 Å². The monoisotopic (exact) mass is 207 g/mol. The van der Waals surface area contributed by atoms with Crippen LogP contribution in [-0.4, -0.2) is 19.5 Å². The molecule has 2 bridgehead atoms. The van der Waals surface area contributed by atoms with E-state index in [4.69, 9.17) is 0 Å². The third-order valence-corrected chi connectivity index (χ3v) is 3.82. The molecule has 4 rings (SSSR count). The number of hydrogen-bond donors (Lipinski definition) is 0. The Bertz CT molecular complexity index is 482. The molecule has 0 atom stereocenters. The second kappa shape index (κ2) is 1.84. The Balaban J connectivity index is 2.66. The Morgan fingerprint density at radius 3 is 2.82 bits per heavy atom. The first-order valence-corrected chi connectivity index (χ1v) is 5.22. The van der Waals surface area contributed by atoms with Gasteiger partial charge in [-0.1, -0.05) is 0 Å². The summed E-state index contributed by atoms with van der Waals surface area (Å²) in [5.74, 6) is 0. The number of hydrogen-bond acceptors (Lipinski definition) is 1. The fourth-order valence-electron chi connectivity index (χ4n) is 1.33.